The van der Waals surface area contributed by atoms with Crippen molar-refractivity contribution in [2.24, 2.45) is 0 Å². The molecule has 1 aromatic carbocycles. The van der Waals surface area contributed by atoms with Gasteiger partial charge in [-0.15, -0.1) is 11.8 Å². The van der Waals surface area contributed by atoms with Crippen LogP contribution in [0, 0.1) is 0 Å². The van der Waals surface area contributed by atoms with Crippen LogP contribution in [0.15, 0.2) is 39.7 Å². The number of fused-ring (bicyclic) bond motifs is 1. The van der Waals surface area contributed by atoms with Gasteiger partial charge in [-0.05, 0) is 30.7 Å². The van der Waals surface area contributed by atoms with E-state index in [4.69, 9.17) is 0 Å². The largest absolute Gasteiger partial charge is 0.346 e. The molecule has 5 nitrogen and oxygen atoms in total. The van der Waals surface area contributed by atoms with Gasteiger partial charge in [-0.1, -0.05) is 22.0 Å². The minimum absolute atomic E-state index is 0.0456. The van der Waals surface area contributed by atoms with Crippen LogP contribution in [0.3, 0.4) is 0 Å². The van der Waals surface area contributed by atoms with Crippen LogP contribution in [0.1, 0.15) is 16.9 Å². The Balaban J connectivity index is 1.80. The first kappa shape index (κ1) is 17.0. The summed E-state index contributed by atoms with van der Waals surface area (Å²) in [5, 5.41) is 3.72. The minimum Gasteiger partial charge on any atom is -0.346 e. The zero-order valence-corrected chi connectivity index (χ0v) is 15.1. The predicted octanol–water partition coefficient (Wildman–Crippen LogP) is 2.92. The molecule has 0 saturated carbocycles. The molecule has 7 heteroatoms. The number of aldehydes is 2. The molecule has 1 N–H and O–H groups in total. The lowest BCUT2D eigenvalue weighted by atomic mass is 10.2. The molecule has 1 amide bonds. The number of carbonyl (C=O) groups is 3. The zero-order chi connectivity index (χ0) is 17.1. The maximum Gasteiger partial charge on any atom is 0.268 e. The van der Waals surface area contributed by atoms with Crippen molar-refractivity contribution in [1.29, 1.82) is 0 Å². The predicted molar refractivity (Wildman–Crippen MR) is 98.2 cm³/mol. The molecule has 0 fully saturated rings. The van der Waals surface area contributed by atoms with Gasteiger partial charge in [0.1, 0.15) is 18.3 Å². The first-order valence-corrected chi connectivity index (χ1v) is 9.11. The van der Waals surface area contributed by atoms with E-state index >= 15 is 0 Å². The molecule has 3 rings (SSSR count). The van der Waals surface area contributed by atoms with Crippen molar-refractivity contribution in [1.82, 2.24) is 9.88 Å². The molecule has 124 valence electrons. The number of nitrogens with one attached hydrogen (secondary N) is 1. The zero-order valence-electron chi connectivity index (χ0n) is 12.7. The van der Waals surface area contributed by atoms with Gasteiger partial charge in [0.25, 0.3) is 5.91 Å². The van der Waals surface area contributed by atoms with E-state index in [9.17, 15) is 14.4 Å². The second kappa shape index (κ2) is 7.36. The number of aromatic nitrogens is 1. The summed E-state index contributed by atoms with van der Waals surface area (Å²) in [6.45, 7) is 0.513. The van der Waals surface area contributed by atoms with Gasteiger partial charge in [-0.3, -0.25) is 4.79 Å². The number of benzene rings is 1. The third kappa shape index (κ3) is 3.47. The van der Waals surface area contributed by atoms with Crippen molar-refractivity contribution in [2.45, 2.75) is 18.2 Å². The molecule has 1 aliphatic rings. The van der Waals surface area contributed by atoms with E-state index in [-0.39, 0.29) is 17.7 Å². The first-order chi connectivity index (χ1) is 11.6. The van der Waals surface area contributed by atoms with Crippen molar-refractivity contribution in [2.75, 3.05) is 6.54 Å². The summed E-state index contributed by atoms with van der Waals surface area (Å²) < 4.78 is 2.62. The molecular weight excluding hydrogens is 392 g/mol. The quantitative estimate of drug-likeness (QED) is 0.748. The summed E-state index contributed by atoms with van der Waals surface area (Å²) in [4.78, 5) is 35.3. The Morgan fingerprint density at radius 2 is 2.21 bits per heavy atom. The molecule has 1 aliphatic heterocycles. The summed E-state index contributed by atoms with van der Waals surface area (Å²) in [6.07, 6.45) is 4.39. The Morgan fingerprint density at radius 3 is 2.92 bits per heavy atom. The normalized spacial score (nSPS) is 16.9. The SMILES string of the molecule is O=CCn1c(C(=O)NCC2=CCC(C=O)S2)cc2cc(Br)ccc21. The van der Waals surface area contributed by atoms with Crippen molar-refractivity contribution < 1.29 is 14.4 Å². The van der Waals surface area contributed by atoms with Crippen LogP contribution in [-0.4, -0.2) is 34.8 Å². The number of allylic oxidation sites excluding steroid dienone is 1. The van der Waals surface area contributed by atoms with Crippen LogP contribution in [0.2, 0.25) is 0 Å². The van der Waals surface area contributed by atoms with Crippen LogP contribution in [0.4, 0.5) is 0 Å². The number of hydrogen-bond donors (Lipinski definition) is 1. The summed E-state index contributed by atoms with van der Waals surface area (Å²) >= 11 is 4.89. The molecule has 2 aromatic rings. The second-order valence-corrected chi connectivity index (χ2v) is 7.67. The fourth-order valence-electron chi connectivity index (χ4n) is 2.69. The van der Waals surface area contributed by atoms with Crippen LogP contribution >= 0.6 is 27.7 Å². The van der Waals surface area contributed by atoms with E-state index in [2.05, 4.69) is 21.2 Å². The molecule has 1 atom stereocenters. The van der Waals surface area contributed by atoms with E-state index in [1.807, 2.05) is 24.3 Å². The number of rotatable bonds is 6. The minimum atomic E-state index is -0.236. The molecule has 0 radical (unpaired) electrons. The molecule has 1 aromatic heterocycles. The van der Waals surface area contributed by atoms with Crippen LogP contribution in [-0.2, 0) is 16.1 Å². The van der Waals surface area contributed by atoms with Crippen LogP contribution in [0.5, 0.6) is 0 Å². The van der Waals surface area contributed by atoms with E-state index < -0.39 is 0 Å². The lowest BCUT2D eigenvalue weighted by Crippen LogP contribution is -2.27. The maximum absolute atomic E-state index is 12.5. The van der Waals surface area contributed by atoms with Gasteiger partial charge in [0, 0.05) is 26.8 Å². The molecule has 0 spiro atoms. The second-order valence-electron chi connectivity index (χ2n) is 5.39. The molecule has 1 unspecified atom stereocenters. The fraction of sp³-hybridized carbons (Fsp3) is 0.235. The third-order valence-corrected chi connectivity index (χ3v) is 5.52. The van der Waals surface area contributed by atoms with Crippen molar-refractivity contribution in [3.63, 3.8) is 0 Å². The van der Waals surface area contributed by atoms with Gasteiger partial charge in [-0.25, -0.2) is 0 Å². The highest BCUT2D eigenvalue weighted by atomic mass is 79.9. The summed E-state index contributed by atoms with van der Waals surface area (Å²) in [5.74, 6) is -0.236. The van der Waals surface area contributed by atoms with Gasteiger partial charge in [0.2, 0.25) is 0 Å². The van der Waals surface area contributed by atoms with Gasteiger partial charge < -0.3 is 19.5 Å². The highest BCUT2D eigenvalue weighted by molar-refractivity contribution is 9.10. The summed E-state index contributed by atoms with van der Waals surface area (Å²) in [5.41, 5.74) is 1.29. The summed E-state index contributed by atoms with van der Waals surface area (Å²) in [6, 6.07) is 7.45. The van der Waals surface area contributed by atoms with Crippen molar-refractivity contribution in [3.05, 3.63) is 45.4 Å². The Morgan fingerprint density at radius 1 is 1.38 bits per heavy atom. The Kier molecular flexibility index (Phi) is 5.20. The van der Waals surface area contributed by atoms with Crippen LogP contribution < -0.4 is 5.32 Å². The molecular formula is C17H15BrN2O3S. The monoisotopic (exact) mass is 406 g/mol. The fourth-order valence-corrected chi connectivity index (χ4v) is 4.06. The van der Waals surface area contributed by atoms with Gasteiger partial charge in [-0.2, -0.15) is 0 Å². The Labute approximate surface area is 151 Å². The average molecular weight is 407 g/mol. The molecule has 0 saturated heterocycles. The number of carbonyl (C=O) groups excluding carboxylic acids is 3. The number of nitrogens with zero attached hydrogens (tertiary/aromatic N) is 1. The van der Waals surface area contributed by atoms with Crippen molar-refractivity contribution >= 4 is 57.1 Å². The lowest BCUT2D eigenvalue weighted by Gasteiger charge is -2.09. The standard InChI is InChI=1S/C17H15BrN2O3S/c18-12-1-4-15-11(7-12)8-16(20(15)5-6-21)17(23)19-9-13-2-3-14(10-22)24-13/h1-2,4,6-8,10,14H,3,5,9H2,(H,19,23). The van der Waals surface area contributed by atoms with Crippen LogP contribution in [0.25, 0.3) is 10.9 Å². The maximum atomic E-state index is 12.5. The van der Waals surface area contributed by atoms with Crippen molar-refractivity contribution in [3.8, 4) is 0 Å². The van der Waals surface area contributed by atoms with E-state index in [0.29, 0.717) is 18.7 Å². The third-order valence-electron chi connectivity index (χ3n) is 3.81. The number of hydrogen-bond acceptors (Lipinski definition) is 4. The highest BCUT2D eigenvalue weighted by Crippen LogP contribution is 2.30. The van der Waals surface area contributed by atoms with Gasteiger partial charge in [0.15, 0.2) is 0 Å². The smallest absolute Gasteiger partial charge is 0.268 e. The number of amides is 1. The molecule has 2 heterocycles. The van der Waals surface area contributed by atoms with Gasteiger partial charge >= 0.3 is 0 Å². The lowest BCUT2D eigenvalue weighted by molar-refractivity contribution is -0.108. The topological polar surface area (TPSA) is 68.2 Å². The molecule has 0 aliphatic carbocycles. The number of thioether (sulfide) groups is 1. The van der Waals surface area contributed by atoms with E-state index in [1.165, 1.54) is 11.8 Å². The molecule has 24 heavy (non-hydrogen) atoms. The number of halogens is 1. The highest BCUT2D eigenvalue weighted by Gasteiger charge is 2.19. The average Bonchev–Trinajstić information content (AvgIpc) is 3.17. The Bertz CT molecular complexity index is 844. The summed E-state index contributed by atoms with van der Waals surface area (Å²) in [7, 11) is 0. The van der Waals surface area contributed by atoms with E-state index in [0.717, 1.165) is 32.9 Å². The van der Waals surface area contributed by atoms with E-state index in [1.54, 1.807) is 10.6 Å². The Hall–Kier alpha value is -1.86. The molecule has 0 bridgehead atoms. The van der Waals surface area contributed by atoms with Gasteiger partial charge in [0.05, 0.1) is 11.8 Å². The first-order valence-electron chi connectivity index (χ1n) is 7.44.